The summed E-state index contributed by atoms with van der Waals surface area (Å²) < 4.78 is 0. The van der Waals surface area contributed by atoms with Gasteiger partial charge >= 0.3 is 0 Å². The third-order valence-electron chi connectivity index (χ3n) is 4.14. The smallest absolute Gasteiger partial charge is 0.0110 e. The first-order chi connectivity index (χ1) is 7.50. The van der Waals surface area contributed by atoms with Gasteiger partial charge in [-0.2, -0.15) is 0 Å². The molecule has 0 aromatic rings. The topological polar surface area (TPSA) is 15.3 Å². The van der Waals surface area contributed by atoms with Crippen molar-refractivity contribution in [1.29, 1.82) is 0 Å². The molecule has 2 heteroatoms. The number of hydrogen-bond acceptors (Lipinski definition) is 2. The minimum absolute atomic E-state index is 0.638. The van der Waals surface area contributed by atoms with E-state index in [1.807, 2.05) is 0 Å². The maximum absolute atomic E-state index is 3.62. The third kappa shape index (κ3) is 4.42. The number of piperidine rings is 1. The quantitative estimate of drug-likeness (QED) is 0.775. The molecular weight excluding hydrogens is 196 g/mol. The lowest BCUT2D eigenvalue weighted by atomic mass is 9.93. The first-order valence-corrected chi connectivity index (χ1v) is 6.98. The normalized spacial score (nSPS) is 29.6. The summed E-state index contributed by atoms with van der Waals surface area (Å²) in [4.78, 5) is 2.64. The van der Waals surface area contributed by atoms with E-state index in [-0.39, 0.29) is 0 Å². The second-order valence-electron chi connectivity index (χ2n) is 6.00. The van der Waals surface area contributed by atoms with Crippen LogP contribution in [0.2, 0.25) is 0 Å². The van der Waals surface area contributed by atoms with Gasteiger partial charge in [-0.25, -0.2) is 0 Å². The van der Waals surface area contributed by atoms with Crippen molar-refractivity contribution in [2.45, 2.75) is 59.5 Å². The van der Waals surface area contributed by atoms with Crippen LogP contribution in [0.3, 0.4) is 0 Å². The van der Waals surface area contributed by atoms with Crippen LogP contribution in [0.5, 0.6) is 0 Å². The van der Waals surface area contributed by atoms with E-state index in [1.54, 1.807) is 0 Å². The van der Waals surface area contributed by atoms with Gasteiger partial charge in [0.25, 0.3) is 0 Å². The van der Waals surface area contributed by atoms with E-state index >= 15 is 0 Å². The molecule has 2 nitrogen and oxygen atoms in total. The molecule has 0 aromatic heterocycles. The molecule has 1 saturated heterocycles. The molecule has 3 atom stereocenters. The highest BCUT2D eigenvalue weighted by molar-refractivity contribution is 4.77. The van der Waals surface area contributed by atoms with Gasteiger partial charge in [0, 0.05) is 25.2 Å². The maximum Gasteiger partial charge on any atom is 0.0110 e. The lowest BCUT2D eigenvalue weighted by Gasteiger charge is -2.36. The van der Waals surface area contributed by atoms with Crippen LogP contribution in [0, 0.1) is 11.8 Å². The van der Waals surface area contributed by atoms with Gasteiger partial charge in [0.05, 0.1) is 0 Å². The molecule has 1 heterocycles. The van der Waals surface area contributed by atoms with Gasteiger partial charge < -0.3 is 5.32 Å². The molecule has 1 aliphatic rings. The second kappa shape index (κ2) is 6.61. The molecule has 1 fully saturated rings. The van der Waals surface area contributed by atoms with Gasteiger partial charge in [-0.1, -0.05) is 20.8 Å². The van der Waals surface area contributed by atoms with Gasteiger partial charge in [0.15, 0.2) is 0 Å². The fourth-order valence-corrected chi connectivity index (χ4v) is 2.46. The lowest BCUT2D eigenvalue weighted by molar-refractivity contribution is 0.129. The summed E-state index contributed by atoms with van der Waals surface area (Å²) in [7, 11) is 0. The van der Waals surface area contributed by atoms with E-state index in [9.17, 15) is 0 Å². The predicted molar refractivity (Wildman–Crippen MR) is 71.7 cm³/mol. The molecule has 3 unspecified atom stereocenters. The van der Waals surface area contributed by atoms with E-state index < -0.39 is 0 Å². The standard InChI is InChI=1S/C14H30N2/c1-11(2)14(5)15-7-9-16-8-6-12(3)10-13(16)4/h11-15H,6-10H2,1-5H3. The van der Waals surface area contributed by atoms with Crippen molar-refractivity contribution < 1.29 is 0 Å². The van der Waals surface area contributed by atoms with Gasteiger partial charge in [0.2, 0.25) is 0 Å². The van der Waals surface area contributed by atoms with Crippen molar-refractivity contribution in [3.8, 4) is 0 Å². The van der Waals surface area contributed by atoms with Crippen LogP contribution in [0.1, 0.15) is 47.5 Å². The minimum atomic E-state index is 0.638. The van der Waals surface area contributed by atoms with Crippen LogP contribution < -0.4 is 5.32 Å². The van der Waals surface area contributed by atoms with Gasteiger partial charge in [-0.3, -0.25) is 4.90 Å². The van der Waals surface area contributed by atoms with Crippen LogP contribution in [0.15, 0.2) is 0 Å². The largest absolute Gasteiger partial charge is 0.313 e. The highest BCUT2D eigenvalue weighted by Gasteiger charge is 2.22. The van der Waals surface area contributed by atoms with Gasteiger partial charge in [0.1, 0.15) is 0 Å². The Labute approximate surface area is 102 Å². The van der Waals surface area contributed by atoms with Crippen LogP contribution in [-0.2, 0) is 0 Å². The monoisotopic (exact) mass is 226 g/mol. The van der Waals surface area contributed by atoms with E-state index in [2.05, 4.69) is 44.8 Å². The molecule has 0 bridgehead atoms. The summed E-state index contributed by atoms with van der Waals surface area (Å²) in [6.45, 7) is 15.2. The molecule has 1 N–H and O–H groups in total. The third-order valence-corrected chi connectivity index (χ3v) is 4.14. The Balaban J connectivity index is 2.17. The van der Waals surface area contributed by atoms with Crippen LogP contribution >= 0.6 is 0 Å². The summed E-state index contributed by atoms with van der Waals surface area (Å²) in [5.41, 5.74) is 0. The molecule has 0 saturated carbocycles. The molecular formula is C14H30N2. The summed E-state index contributed by atoms with van der Waals surface area (Å²) >= 11 is 0. The minimum Gasteiger partial charge on any atom is -0.313 e. The van der Waals surface area contributed by atoms with E-state index in [0.717, 1.165) is 24.4 Å². The summed E-state index contributed by atoms with van der Waals surface area (Å²) in [5.74, 6) is 1.66. The van der Waals surface area contributed by atoms with Gasteiger partial charge in [-0.05, 0) is 45.1 Å². The Bertz CT molecular complexity index is 191. The molecule has 0 aliphatic carbocycles. The predicted octanol–water partition coefficient (Wildman–Crippen LogP) is 2.74. The summed E-state index contributed by atoms with van der Waals surface area (Å²) in [6.07, 6.45) is 2.75. The fraction of sp³-hybridized carbons (Fsp3) is 1.00. The summed E-state index contributed by atoms with van der Waals surface area (Å²) in [5, 5.41) is 3.62. The second-order valence-corrected chi connectivity index (χ2v) is 6.00. The first kappa shape index (κ1) is 14.0. The first-order valence-electron chi connectivity index (χ1n) is 6.98. The van der Waals surface area contributed by atoms with Crippen molar-refractivity contribution in [1.82, 2.24) is 10.2 Å². The molecule has 1 rings (SSSR count). The van der Waals surface area contributed by atoms with Crippen LogP contribution in [0.25, 0.3) is 0 Å². The van der Waals surface area contributed by atoms with Crippen molar-refractivity contribution in [2.24, 2.45) is 11.8 Å². The number of hydrogen-bond donors (Lipinski definition) is 1. The zero-order valence-corrected chi connectivity index (χ0v) is 11.8. The van der Waals surface area contributed by atoms with Crippen LogP contribution in [0.4, 0.5) is 0 Å². The zero-order chi connectivity index (χ0) is 12.1. The maximum atomic E-state index is 3.62. The fourth-order valence-electron chi connectivity index (χ4n) is 2.46. The number of rotatable bonds is 5. The lowest BCUT2D eigenvalue weighted by Crippen LogP contribution is -2.45. The molecule has 0 radical (unpaired) electrons. The van der Waals surface area contributed by atoms with Crippen molar-refractivity contribution in [3.05, 3.63) is 0 Å². The van der Waals surface area contributed by atoms with Crippen molar-refractivity contribution >= 4 is 0 Å². The van der Waals surface area contributed by atoms with Gasteiger partial charge in [-0.15, -0.1) is 0 Å². The number of nitrogens with one attached hydrogen (secondary N) is 1. The molecule has 1 aliphatic heterocycles. The molecule has 0 aromatic carbocycles. The Kier molecular flexibility index (Phi) is 5.77. The Morgan fingerprint density at radius 2 is 1.94 bits per heavy atom. The molecule has 0 amide bonds. The Morgan fingerprint density at radius 1 is 1.25 bits per heavy atom. The SMILES string of the molecule is CC1CCN(CCNC(C)C(C)C)C(C)C1. The average Bonchev–Trinajstić information content (AvgIpc) is 2.20. The molecule has 16 heavy (non-hydrogen) atoms. The summed E-state index contributed by atoms with van der Waals surface area (Å²) in [6, 6.07) is 1.42. The Morgan fingerprint density at radius 3 is 2.50 bits per heavy atom. The molecule has 0 spiro atoms. The highest BCUT2D eigenvalue weighted by Crippen LogP contribution is 2.21. The van der Waals surface area contributed by atoms with Crippen LogP contribution in [-0.4, -0.2) is 36.6 Å². The van der Waals surface area contributed by atoms with E-state index in [1.165, 1.54) is 25.9 Å². The molecule has 96 valence electrons. The highest BCUT2D eigenvalue weighted by atomic mass is 15.2. The van der Waals surface area contributed by atoms with Crippen molar-refractivity contribution in [3.63, 3.8) is 0 Å². The van der Waals surface area contributed by atoms with E-state index in [4.69, 9.17) is 0 Å². The average molecular weight is 226 g/mol. The van der Waals surface area contributed by atoms with Crippen molar-refractivity contribution in [2.75, 3.05) is 19.6 Å². The zero-order valence-electron chi connectivity index (χ0n) is 11.8. The number of nitrogens with zero attached hydrogens (tertiary/aromatic N) is 1. The Hall–Kier alpha value is -0.0800. The number of likely N-dealkylation sites (tertiary alicyclic amines) is 1. The van der Waals surface area contributed by atoms with E-state index in [0.29, 0.717) is 6.04 Å².